The molecular formula is C26H24Cl2N4. The van der Waals surface area contributed by atoms with Gasteiger partial charge >= 0.3 is 0 Å². The molecule has 0 fully saturated rings. The summed E-state index contributed by atoms with van der Waals surface area (Å²) in [4.78, 5) is 0. The van der Waals surface area contributed by atoms with Gasteiger partial charge < -0.3 is 9.13 Å². The van der Waals surface area contributed by atoms with Crippen LogP contribution in [0.3, 0.4) is 0 Å². The van der Waals surface area contributed by atoms with Crippen molar-refractivity contribution < 1.29 is 0 Å². The predicted molar refractivity (Wildman–Crippen MR) is 136 cm³/mol. The number of aromatic nitrogens is 2. The minimum Gasteiger partial charge on any atom is -0.318 e. The topological polar surface area (TPSA) is 34.6 Å². The van der Waals surface area contributed by atoms with E-state index in [2.05, 4.69) is 59.2 Å². The molecule has 0 bridgehead atoms. The Hall–Kier alpha value is -3.08. The third kappa shape index (κ3) is 4.43. The van der Waals surface area contributed by atoms with Crippen LogP contribution in [0.1, 0.15) is 33.9 Å². The molecule has 162 valence electrons. The van der Waals surface area contributed by atoms with Gasteiger partial charge in [0.15, 0.2) is 0 Å². The molecule has 4 aromatic rings. The molecule has 32 heavy (non-hydrogen) atoms. The van der Waals surface area contributed by atoms with Crippen molar-refractivity contribution in [2.45, 2.75) is 27.7 Å². The number of benzene rings is 2. The monoisotopic (exact) mass is 462 g/mol. The number of nitrogens with zero attached hydrogens (tertiary/aromatic N) is 4. The predicted octanol–water partition coefficient (Wildman–Crippen LogP) is 7.26. The number of aryl methyl sites for hydroxylation is 2. The highest BCUT2D eigenvalue weighted by atomic mass is 35.5. The Morgan fingerprint density at radius 2 is 0.938 bits per heavy atom. The van der Waals surface area contributed by atoms with Gasteiger partial charge in [-0.15, -0.1) is 0 Å². The first-order valence-corrected chi connectivity index (χ1v) is 11.1. The first kappa shape index (κ1) is 22.1. The second kappa shape index (κ2) is 9.19. The highest BCUT2D eigenvalue weighted by Crippen LogP contribution is 2.23. The van der Waals surface area contributed by atoms with E-state index in [1.807, 2.05) is 48.5 Å². The zero-order chi connectivity index (χ0) is 22.8. The lowest BCUT2D eigenvalue weighted by molar-refractivity contribution is 0.964. The average Bonchev–Trinajstić information content (AvgIpc) is 3.21. The molecule has 4 rings (SSSR count). The molecule has 2 aromatic carbocycles. The van der Waals surface area contributed by atoms with Crippen LogP contribution in [0, 0.1) is 27.7 Å². The lowest BCUT2D eigenvalue weighted by Crippen LogP contribution is -1.99. The van der Waals surface area contributed by atoms with Crippen LogP contribution in [-0.4, -0.2) is 21.6 Å². The SMILES string of the molecule is Cc1cc(C=N/N=C\c2cc(C)n(-c3ccc(Cl)cc3)c2C)c(C)n1-c1ccc(Cl)cc1. The number of halogens is 2. The van der Waals surface area contributed by atoms with Gasteiger partial charge in [0.05, 0.1) is 12.4 Å². The lowest BCUT2D eigenvalue weighted by atomic mass is 10.2. The zero-order valence-corrected chi connectivity index (χ0v) is 20.0. The molecule has 0 radical (unpaired) electrons. The smallest absolute Gasteiger partial charge is 0.0586 e. The van der Waals surface area contributed by atoms with E-state index in [9.17, 15) is 0 Å². The third-order valence-corrected chi connectivity index (χ3v) is 6.07. The number of rotatable bonds is 5. The van der Waals surface area contributed by atoms with Gasteiger partial charge in [-0.2, -0.15) is 10.2 Å². The standard InChI is InChI=1S/C26H24Cl2N4/c1-17-13-21(19(3)31(17)25-9-5-23(27)6-10-25)15-29-30-16-22-14-18(2)32(20(22)4)26-11-7-24(28)8-12-26/h5-16H,1-4H3/b29-15-,30-16?. The molecule has 0 aliphatic heterocycles. The molecule has 4 nitrogen and oxygen atoms in total. The van der Waals surface area contributed by atoms with Crippen LogP contribution >= 0.6 is 23.2 Å². The second-order valence-electron chi connectivity index (χ2n) is 7.77. The molecule has 0 aliphatic carbocycles. The summed E-state index contributed by atoms with van der Waals surface area (Å²) in [5.74, 6) is 0. The first-order valence-electron chi connectivity index (χ1n) is 10.3. The molecule has 0 N–H and O–H groups in total. The second-order valence-corrected chi connectivity index (χ2v) is 8.64. The largest absolute Gasteiger partial charge is 0.318 e. The summed E-state index contributed by atoms with van der Waals surface area (Å²) in [5.41, 5.74) is 8.66. The van der Waals surface area contributed by atoms with Gasteiger partial charge in [0.25, 0.3) is 0 Å². The van der Waals surface area contributed by atoms with Gasteiger partial charge in [0, 0.05) is 55.3 Å². The zero-order valence-electron chi connectivity index (χ0n) is 18.5. The van der Waals surface area contributed by atoms with Crippen molar-refractivity contribution in [3.63, 3.8) is 0 Å². The summed E-state index contributed by atoms with van der Waals surface area (Å²) < 4.78 is 4.36. The van der Waals surface area contributed by atoms with Crippen LogP contribution in [-0.2, 0) is 0 Å². The summed E-state index contributed by atoms with van der Waals surface area (Å²) in [6.45, 7) is 8.31. The first-order chi connectivity index (χ1) is 15.3. The highest BCUT2D eigenvalue weighted by molar-refractivity contribution is 6.30. The van der Waals surface area contributed by atoms with Gasteiger partial charge in [-0.3, -0.25) is 0 Å². The van der Waals surface area contributed by atoms with Crippen molar-refractivity contribution in [2.24, 2.45) is 10.2 Å². The van der Waals surface area contributed by atoms with E-state index in [-0.39, 0.29) is 0 Å². The molecule has 0 spiro atoms. The van der Waals surface area contributed by atoms with Gasteiger partial charge in [0.1, 0.15) is 0 Å². The molecule has 6 heteroatoms. The van der Waals surface area contributed by atoms with Gasteiger partial charge in [-0.25, -0.2) is 0 Å². The Bertz CT molecular complexity index is 1200. The van der Waals surface area contributed by atoms with Crippen LogP contribution in [0.4, 0.5) is 0 Å². The summed E-state index contributed by atoms with van der Waals surface area (Å²) in [6.07, 6.45) is 3.59. The van der Waals surface area contributed by atoms with Crippen molar-refractivity contribution in [3.8, 4) is 11.4 Å². The third-order valence-electron chi connectivity index (χ3n) is 5.57. The Kier molecular flexibility index (Phi) is 6.35. The minimum atomic E-state index is 0.725. The quantitative estimate of drug-likeness (QED) is 0.221. The molecule has 0 saturated carbocycles. The maximum absolute atomic E-state index is 6.03. The summed E-state index contributed by atoms with van der Waals surface area (Å²) in [5, 5.41) is 10.1. The fourth-order valence-corrected chi connectivity index (χ4v) is 4.25. The van der Waals surface area contributed by atoms with Crippen LogP contribution in [0.15, 0.2) is 70.9 Å². The van der Waals surface area contributed by atoms with Crippen molar-refractivity contribution in [3.05, 3.63) is 105 Å². The van der Waals surface area contributed by atoms with E-state index < -0.39 is 0 Å². The van der Waals surface area contributed by atoms with Crippen molar-refractivity contribution in [1.29, 1.82) is 0 Å². The van der Waals surface area contributed by atoms with Gasteiger partial charge in [-0.05, 0) is 88.4 Å². The van der Waals surface area contributed by atoms with E-state index in [0.717, 1.165) is 55.3 Å². The molecule has 0 unspecified atom stereocenters. The van der Waals surface area contributed by atoms with Crippen LogP contribution < -0.4 is 0 Å². The molecule has 0 amide bonds. The Morgan fingerprint density at radius 3 is 1.28 bits per heavy atom. The Morgan fingerprint density at radius 1 is 0.594 bits per heavy atom. The average molecular weight is 463 g/mol. The van der Waals surface area contributed by atoms with Crippen LogP contribution in [0.2, 0.25) is 10.0 Å². The Balaban J connectivity index is 1.56. The fraction of sp³-hybridized carbons (Fsp3) is 0.154. The highest BCUT2D eigenvalue weighted by Gasteiger charge is 2.10. The van der Waals surface area contributed by atoms with E-state index in [1.165, 1.54) is 0 Å². The summed E-state index contributed by atoms with van der Waals surface area (Å²) >= 11 is 12.1. The number of hydrogen-bond donors (Lipinski definition) is 0. The van der Waals surface area contributed by atoms with Gasteiger partial charge in [0.2, 0.25) is 0 Å². The van der Waals surface area contributed by atoms with Gasteiger partial charge in [-0.1, -0.05) is 23.2 Å². The minimum absolute atomic E-state index is 0.725. The van der Waals surface area contributed by atoms with Crippen LogP contribution in [0.5, 0.6) is 0 Å². The lowest BCUT2D eigenvalue weighted by Gasteiger charge is -2.09. The number of hydrogen-bond acceptors (Lipinski definition) is 2. The summed E-state index contributed by atoms with van der Waals surface area (Å²) in [7, 11) is 0. The molecule has 0 aliphatic rings. The fourth-order valence-electron chi connectivity index (χ4n) is 4.00. The normalized spacial score (nSPS) is 11.8. The van der Waals surface area contributed by atoms with Crippen LogP contribution in [0.25, 0.3) is 11.4 Å². The van der Waals surface area contributed by atoms with Crippen molar-refractivity contribution >= 4 is 35.6 Å². The molecule has 2 heterocycles. The van der Waals surface area contributed by atoms with E-state index in [4.69, 9.17) is 23.2 Å². The Labute approximate surface area is 198 Å². The molecule has 0 saturated heterocycles. The molecular weight excluding hydrogens is 439 g/mol. The molecule has 0 atom stereocenters. The van der Waals surface area contributed by atoms with E-state index in [0.29, 0.717) is 0 Å². The van der Waals surface area contributed by atoms with E-state index >= 15 is 0 Å². The van der Waals surface area contributed by atoms with E-state index in [1.54, 1.807) is 12.4 Å². The molecule has 2 aromatic heterocycles. The van der Waals surface area contributed by atoms with Crippen molar-refractivity contribution in [2.75, 3.05) is 0 Å². The maximum Gasteiger partial charge on any atom is 0.0586 e. The van der Waals surface area contributed by atoms with Crippen molar-refractivity contribution in [1.82, 2.24) is 9.13 Å². The summed E-state index contributed by atoms with van der Waals surface area (Å²) in [6, 6.07) is 19.8. The maximum atomic E-state index is 6.03.